The highest BCUT2D eigenvalue weighted by atomic mass is 16.5. The fourth-order valence-corrected chi connectivity index (χ4v) is 1.34. The van der Waals surface area contributed by atoms with Gasteiger partial charge in [0.2, 0.25) is 0 Å². The maximum Gasteiger partial charge on any atom is 0.124 e. The molecule has 1 aromatic rings. The van der Waals surface area contributed by atoms with Crippen LogP contribution in [0.4, 0.5) is 0 Å². The number of aryl methyl sites for hydroxylation is 1. The molecule has 0 radical (unpaired) electrons. The van der Waals surface area contributed by atoms with Crippen LogP contribution < -0.4 is 4.74 Å². The SMILES string of the molecule is COc1ccc(C)cc1C(O)C(C)O. The van der Waals surface area contributed by atoms with Crippen LogP contribution in [0.15, 0.2) is 18.2 Å². The zero-order valence-corrected chi connectivity index (χ0v) is 8.69. The number of rotatable bonds is 3. The molecule has 0 amide bonds. The van der Waals surface area contributed by atoms with E-state index in [0.717, 1.165) is 5.56 Å². The predicted octanol–water partition coefficient (Wildman–Crippen LogP) is 1.42. The second-order valence-electron chi connectivity index (χ2n) is 3.43. The zero-order chi connectivity index (χ0) is 10.7. The van der Waals surface area contributed by atoms with Gasteiger partial charge in [0.25, 0.3) is 0 Å². The van der Waals surface area contributed by atoms with Crippen LogP contribution in [-0.2, 0) is 0 Å². The maximum absolute atomic E-state index is 9.70. The number of hydrogen-bond donors (Lipinski definition) is 2. The van der Waals surface area contributed by atoms with Gasteiger partial charge in [-0.3, -0.25) is 0 Å². The van der Waals surface area contributed by atoms with Crippen LogP contribution in [0.5, 0.6) is 5.75 Å². The van der Waals surface area contributed by atoms with Crippen molar-refractivity contribution in [2.45, 2.75) is 26.1 Å². The second-order valence-corrected chi connectivity index (χ2v) is 3.43. The van der Waals surface area contributed by atoms with Crippen LogP contribution in [0.3, 0.4) is 0 Å². The van der Waals surface area contributed by atoms with Gasteiger partial charge in [0.05, 0.1) is 13.2 Å². The van der Waals surface area contributed by atoms with Crippen molar-refractivity contribution in [1.29, 1.82) is 0 Å². The number of aliphatic hydroxyl groups excluding tert-OH is 2. The predicted molar refractivity (Wildman–Crippen MR) is 54.4 cm³/mol. The molecular weight excluding hydrogens is 180 g/mol. The molecule has 1 rings (SSSR count). The maximum atomic E-state index is 9.70. The van der Waals surface area contributed by atoms with E-state index in [9.17, 15) is 10.2 Å². The van der Waals surface area contributed by atoms with Crippen molar-refractivity contribution in [3.05, 3.63) is 29.3 Å². The molecule has 3 heteroatoms. The summed E-state index contributed by atoms with van der Waals surface area (Å²) in [7, 11) is 1.54. The van der Waals surface area contributed by atoms with Crippen LogP contribution >= 0.6 is 0 Å². The molecule has 0 aliphatic carbocycles. The first-order valence-electron chi connectivity index (χ1n) is 4.57. The van der Waals surface area contributed by atoms with E-state index in [-0.39, 0.29) is 0 Å². The molecule has 0 saturated carbocycles. The summed E-state index contributed by atoms with van der Waals surface area (Å²) in [5, 5.41) is 19.0. The van der Waals surface area contributed by atoms with Crippen LogP contribution in [0.2, 0.25) is 0 Å². The Morgan fingerprint density at radius 1 is 1.29 bits per heavy atom. The van der Waals surface area contributed by atoms with Gasteiger partial charge in [-0.1, -0.05) is 11.6 Å². The highest BCUT2D eigenvalue weighted by molar-refractivity contribution is 5.38. The highest BCUT2D eigenvalue weighted by Gasteiger charge is 2.17. The molecule has 14 heavy (non-hydrogen) atoms. The van der Waals surface area contributed by atoms with Crippen molar-refractivity contribution < 1.29 is 14.9 Å². The summed E-state index contributed by atoms with van der Waals surface area (Å²) in [6.45, 7) is 3.48. The average molecular weight is 196 g/mol. The van der Waals surface area contributed by atoms with E-state index in [4.69, 9.17) is 4.74 Å². The van der Waals surface area contributed by atoms with E-state index in [1.807, 2.05) is 19.1 Å². The lowest BCUT2D eigenvalue weighted by molar-refractivity contribution is 0.0290. The van der Waals surface area contributed by atoms with Crippen molar-refractivity contribution in [3.63, 3.8) is 0 Å². The first-order valence-corrected chi connectivity index (χ1v) is 4.57. The first kappa shape index (κ1) is 11.0. The number of methoxy groups -OCH3 is 1. The standard InChI is InChI=1S/C11H16O3/c1-7-4-5-10(14-3)9(6-7)11(13)8(2)12/h4-6,8,11-13H,1-3H3. The molecule has 0 spiro atoms. The largest absolute Gasteiger partial charge is 0.496 e. The minimum atomic E-state index is -0.898. The van der Waals surface area contributed by atoms with E-state index >= 15 is 0 Å². The molecule has 0 aromatic heterocycles. The van der Waals surface area contributed by atoms with Crippen LogP contribution in [-0.4, -0.2) is 23.4 Å². The molecule has 0 bridgehead atoms. The third-order valence-electron chi connectivity index (χ3n) is 2.16. The quantitative estimate of drug-likeness (QED) is 0.768. The molecule has 0 aliphatic rings. The Labute approximate surface area is 84.0 Å². The van der Waals surface area contributed by atoms with Gasteiger partial charge in [-0.05, 0) is 26.0 Å². The minimum absolute atomic E-state index is 0.601. The summed E-state index contributed by atoms with van der Waals surface area (Å²) in [6, 6.07) is 5.50. The van der Waals surface area contributed by atoms with Gasteiger partial charge < -0.3 is 14.9 Å². The molecule has 0 fully saturated rings. The second kappa shape index (κ2) is 4.44. The summed E-state index contributed by atoms with van der Waals surface area (Å²) in [4.78, 5) is 0. The monoisotopic (exact) mass is 196 g/mol. The Bertz CT molecular complexity index is 307. The number of aliphatic hydroxyl groups is 2. The van der Waals surface area contributed by atoms with E-state index in [1.165, 1.54) is 0 Å². The molecule has 0 aliphatic heterocycles. The summed E-state index contributed by atoms with van der Waals surface area (Å²) in [6.07, 6.45) is -1.70. The fraction of sp³-hybridized carbons (Fsp3) is 0.455. The van der Waals surface area contributed by atoms with Crippen molar-refractivity contribution >= 4 is 0 Å². The number of hydrogen-bond acceptors (Lipinski definition) is 3. The lowest BCUT2D eigenvalue weighted by Crippen LogP contribution is -2.14. The Hall–Kier alpha value is -1.06. The number of benzene rings is 1. The lowest BCUT2D eigenvalue weighted by atomic mass is 10.0. The topological polar surface area (TPSA) is 49.7 Å². The van der Waals surface area contributed by atoms with E-state index in [2.05, 4.69) is 0 Å². The molecule has 3 nitrogen and oxygen atoms in total. The Morgan fingerprint density at radius 2 is 1.93 bits per heavy atom. The Kier molecular flexibility index (Phi) is 3.49. The highest BCUT2D eigenvalue weighted by Crippen LogP contribution is 2.27. The molecule has 0 saturated heterocycles. The van der Waals surface area contributed by atoms with Gasteiger partial charge in [0, 0.05) is 5.56 Å². The van der Waals surface area contributed by atoms with E-state index < -0.39 is 12.2 Å². The van der Waals surface area contributed by atoms with Crippen molar-refractivity contribution in [2.75, 3.05) is 7.11 Å². The molecule has 0 heterocycles. The summed E-state index contributed by atoms with van der Waals surface area (Å²) >= 11 is 0. The fourth-order valence-electron chi connectivity index (χ4n) is 1.34. The van der Waals surface area contributed by atoms with E-state index in [0.29, 0.717) is 11.3 Å². The molecule has 2 unspecified atom stereocenters. The molecular formula is C11H16O3. The van der Waals surface area contributed by atoms with Crippen molar-refractivity contribution in [1.82, 2.24) is 0 Å². The molecule has 2 N–H and O–H groups in total. The number of ether oxygens (including phenoxy) is 1. The third kappa shape index (κ3) is 2.25. The first-order chi connectivity index (χ1) is 6.56. The van der Waals surface area contributed by atoms with Crippen LogP contribution in [0.25, 0.3) is 0 Å². The molecule has 2 atom stereocenters. The molecule has 1 aromatic carbocycles. The van der Waals surface area contributed by atoms with Gasteiger partial charge >= 0.3 is 0 Å². The van der Waals surface area contributed by atoms with E-state index in [1.54, 1.807) is 20.1 Å². The summed E-state index contributed by atoms with van der Waals surface area (Å²) in [5.41, 5.74) is 1.66. The lowest BCUT2D eigenvalue weighted by Gasteiger charge is -2.17. The van der Waals surface area contributed by atoms with Crippen LogP contribution in [0, 0.1) is 6.92 Å². The van der Waals surface area contributed by atoms with Crippen LogP contribution in [0.1, 0.15) is 24.2 Å². The van der Waals surface area contributed by atoms with Gasteiger partial charge in [-0.25, -0.2) is 0 Å². The Balaban J connectivity index is 3.10. The molecule has 78 valence electrons. The third-order valence-corrected chi connectivity index (χ3v) is 2.16. The van der Waals surface area contributed by atoms with Gasteiger partial charge in [0.1, 0.15) is 11.9 Å². The average Bonchev–Trinajstić information content (AvgIpc) is 2.16. The summed E-state index contributed by atoms with van der Waals surface area (Å²) < 4.78 is 5.10. The zero-order valence-electron chi connectivity index (χ0n) is 8.69. The smallest absolute Gasteiger partial charge is 0.124 e. The van der Waals surface area contributed by atoms with Crippen molar-refractivity contribution in [2.24, 2.45) is 0 Å². The van der Waals surface area contributed by atoms with Gasteiger partial charge in [0.15, 0.2) is 0 Å². The minimum Gasteiger partial charge on any atom is -0.496 e. The van der Waals surface area contributed by atoms with Crippen molar-refractivity contribution in [3.8, 4) is 5.75 Å². The normalized spacial score (nSPS) is 14.9. The Morgan fingerprint density at radius 3 is 2.43 bits per heavy atom. The van der Waals surface area contributed by atoms with Gasteiger partial charge in [-0.2, -0.15) is 0 Å². The van der Waals surface area contributed by atoms with Gasteiger partial charge in [-0.15, -0.1) is 0 Å². The summed E-state index contributed by atoms with van der Waals surface area (Å²) in [5.74, 6) is 0.601.